The molecule has 0 saturated heterocycles. The fourth-order valence-corrected chi connectivity index (χ4v) is 2.25. The highest BCUT2D eigenvalue weighted by Gasteiger charge is 2.19. The number of alkyl halides is 1. The average molecular weight is 303 g/mol. The SMILES string of the molecule is Cc1cc(OC(C)C)c(C(=O)CCCCl)c(C)c1Cl. The van der Waals surface area contributed by atoms with Gasteiger partial charge in [-0.15, -0.1) is 11.6 Å². The quantitative estimate of drug-likeness (QED) is 0.549. The van der Waals surface area contributed by atoms with Crippen molar-refractivity contribution in [2.45, 2.75) is 46.6 Å². The fraction of sp³-hybridized carbons (Fsp3) is 0.533. The van der Waals surface area contributed by atoms with Crippen LogP contribution in [-0.4, -0.2) is 17.8 Å². The number of carbonyl (C=O) groups is 1. The molecule has 0 heterocycles. The van der Waals surface area contributed by atoms with Gasteiger partial charge in [-0.05, 0) is 51.3 Å². The molecular formula is C15H20Cl2O2. The fourth-order valence-electron chi connectivity index (χ4n) is 1.97. The van der Waals surface area contributed by atoms with Gasteiger partial charge >= 0.3 is 0 Å². The Kier molecular flexibility index (Phi) is 6.15. The summed E-state index contributed by atoms with van der Waals surface area (Å²) in [7, 11) is 0. The van der Waals surface area contributed by atoms with Crippen molar-refractivity contribution in [3.63, 3.8) is 0 Å². The normalized spacial score (nSPS) is 10.9. The van der Waals surface area contributed by atoms with E-state index in [9.17, 15) is 4.79 Å². The van der Waals surface area contributed by atoms with Crippen molar-refractivity contribution in [1.82, 2.24) is 0 Å². The third-order valence-corrected chi connectivity index (χ3v) is 3.67. The van der Waals surface area contributed by atoms with Gasteiger partial charge in [-0.1, -0.05) is 11.6 Å². The second-order valence-corrected chi connectivity index (χ2v) is 5.64. The van der Waals surface area contributed by atoms with Crippen LogP contribution in [0.25, 0.3) is 0 Å². The molecule has 0 aliphatic heterocycles. The maximum Gasteiger partial charge on any atom is 0.166 e. The van der Waals surface area contributed by atoms with E-state index in [0.29, 0.717) is 35.1 Å². The molecule has 0 spiro atoms. The van der Waals surface area contributed by atoms with Gasteiger partial charge in [0.2, 0.25) is 0 Å². The number of Topliss-reactive ketones (excluding diaryl/α,β-unsaturated/α-hetero) is 1. The molecule has 1 aromatic rings. The van der Waals surface area contributed by atoms with E-state index in [2.05, 4.69) is 0 Å². The second kappa shape index (κ2) is 7.16. The Morgan fingerprint density at radius 2 is 2.00 bits per heavy atom. The number of halogens is 2. The molecule has 0 aliphatic carbocycles. The number of aryl methyl sites for hydroxylation is 1. The highest BCUT2D eigenvalue weighted by molar-refractivity contribution is 6.32. The van der Waals surface area contributed by atoms with Crippen molar-refractivity contribution in [2.24, 2.45) is 0 Å². The number of ketones is 1. The van der Waals surface area contributed by atoms with E-state index in [-0.39, 0.29) is 11.9 Å². The van der Waals surface area contributed by atoms with Crippen LogP contribution in [0.15, 0.2) is 6.07 Å². The lowest BCUT2D eigenvalue weighted by molar-refractivity contribution is 0.0975. The van der Waals surface area contributed by atoms with Crippen LogP contribution >= 0.6 is 23.2 Å². The first-order valence-electron chi connectivity index (χ1n) is 6.44. The highest BCUT2D eigenvalue weighted by atomic mass is 35.5. The number of benzene rings is 1. The van der Waals surface area contributed by atoms with E-state index in [1.807, 2.05) is 33.8 Å². The number of rotatable bonds is 6. The molecule has 19 heavy (non-hydrogen) atoms. The lowest BCUT2D eigenvalue weighted by atomic mass is 9.98. The van der Waals surface area contributed by atoms with Crippen molar-refractivity contribution in [2.75, 3.05) is 5.88 Å². The van der Waals surface area contributed by atoms with Crippen LogP contribution < -0.4 is 4.74 Å². The van der Waals surface area contributed by atoms with Crippen LogP contribution in [0.5, 0.6) is 5.75 Å². The van der Waals surface area contributed by atoms with Gasteiger partial charge in [0.25, 0.3) is 0 Å². The van der Waals surface area contributed by atoms with E-state index in [0.717, 1.165) is 11.1 Å². The van der Waals surface area contributed by atoms with Crippen LogP contribution in [0.2, 0.25) is 5.02 Å². The van der Waals surface area contributed by atoms with Gasteiger partial charge in [-0.3, -0.25) is 4.79 Å². The molecule has 0 unspecified atom stereocenters. The summed E-state index contributed by atoms with van der Waals surface area (Å²) in [4.78, 5) is 12.3. The van der Waals surface area contributed by atoms with Crippen LogP contribution in [0, 0.1) is 13.8 Å². The molecular weight excluding hydrogens is 283 g/mol. The Morgan fingerprint density at radius 1 is 1.37 bits per heavy atom. The summed E-state index contributed by atoms with van der Waals surface area (Å²) in [6.45, 7) is 7.64. The van der Waals surface area contributed by atoms with Crippen molar-refractivity contribution in [3.05, 3.63) is 27.8 Å². The third-order valence-electron chi connectivity index (χ3n) is 2.82. The minimum absolute atomic E-state index is 0.0135. The van der Waals surface area contributed by atoms with E-state index in [1.54, 1.807) is 0 Å². The smallest absolute Gasteiger partial charge is 0.166 e. The Bertz CT molecular complexity index is 468. The first kappa shape index (κ1) is 16.3. The Hall–Kier alpha value is -0.730. The molecule has 0 aromatic heterocycles. The molecule has 0 bridgehead atoms. The molecule has 4 heteroatoms. The molecule has 106 valence electrons. The van der Waals surface area contributed by atoms with Gasteiger partial charge in [0.05, 0.1) is 11.7 Å². The highest BCUT2D eigenvalue weighted by Crippen LogP contribution is 2.33. The predicted molar refractivity (Wildman–Crippen MR) is 81.0 cm³/mol. The van der Waals surface area contributed by atoms with Crippen LogP contribution in [-0.2, 0) is 0 Å². The molecule has 0 saturated carbocycles. The van der Waals surface area contributed by atoms with Gasteiger partial charge in [0, 0.05) is 17.3 Å². The third kappa shape index (κ3) is 4.12. The summed E-state index contributed by atoms with van der Waals surface area (Å²) < 4.78 is 5.75. The minimum atomic E-state index is 0.0135. The molecule has 2 nitrogen and oxygen atoms in total. The number of ether oxygens (including phenoxy) is 1. The van der Waals surface area contributed by atoms with E-state index in [1.165, 1.54) is 0 Å². The Balaban J connectivity index is 3.24. The molecule has 0 aliphatic rings. The van der Waals surface area contributed by atoms with Crippen molar-refractivity contribution >= 4 is 29.0 Å². The van der Waals surface area contributed by atoms with Crippen molar-refractivity contribution < 1.29 is 9.53 Å². The summed E-state index contributed by atoms with van der Waals surface area (Å²) in [6.07, 6.45) is 1.09. The van der Waals surface area contributed by atoms with Crippen molar-refractivity contribution in [3.8, 4) is 5.75 Å². The summed E-state index contributed by atoms with van der Waals surface area (Å²) in [5.74, 6) is 1.13. The maximum absolute atomic E-state index is 12.3. The zero-order valence-electron chi connectivity index (χ0n) is 11.8. The Labute approximate surface area is 125 Å². The topological polar surface area (TPSA) is 26.3 Å². The van der Waals surface area contributed by atoms with Gasteiger partial charge in [-0.2, -0.15) is 0 Å². The number of carbonyl (C=O) groups excluding carboxylic acids is 1. The standard InChI is InChI=1S/C15H20Cl2O2/c1-9(2)19-13-8-10(3)15(17)11(4)14(13)12(18)6-5-7-16/h8-9H,5-7H2,1-4H3. The number of hydrogen-bond donors (Lipinski definition) is 0. The molecule has 1 rings (SSSR count). The molecule has 0 amide bonds. The molecule has 0 fully saturated rings. The largest absolute Gasteiger partial charge is 0.490 e. The van der Waals surface area contributed by atoms with Gasteiger partial charge < -0.3 is 4.74 Å². The van der Waals surface area contributed by atoms with Gasteiger partial charge in [0.1, 0.15) is 5.75 Å². The summed E-state index contributed by atoms with van der Waals surface area (Å²) in [5.41, 5.74) is 2.30. The average Bonchev–Trinajstić information content (AvgIpc) is 2.32. The first-order chi connectivity index (χ1) is 8.88. The van der Waals surface area contributed by atoms with E-state index < -0.39 is 0 Å². The predicted octanol–water partition coefficient (Wildman–Crippen LogP) is 4.95. The second-order valence-electron chi connectivity index (χ2n) is 4.89. The molecule has 0 radical (unpaired) electrons. The zero-order chi connectivity index (χ0) is 14.6. The zero-order valence-corrected chi connectivity index (χ0v) is 13.4. The number of hydrogen-bond acceptors (Lipinski definition) is 2. The van der Waals surface area contributed by atoms with Gasteiger partial charge in [-0.25, -0.2) is 0 Å². The molecule has 0 atom stereocenters. The maximum atomic E-state index is 12.3. The lowest BCUT2D eigenvalue weighted by Crippen LogP contribution is -2.12. The van der Waals surface area contributed by atoms with Crippen LogP contribution in [0.4, 0.5) is 0 Å². The summed E-state index contributed by atoms with van der Waals surface area (Å²) >= 11 is 11.9. The molecule has 0 N–H and O–H groups in total. The van der Waals surface area contributed by atoms with Crippen LogP contribution in [0.1, 0.15) is 48.2 Å². The Morgan fingerprint density at radius 3 is 2.53 bits per heavy atom. The minimum Gasteiger partial charge on any atom is -0.490 e. The van der Waals surface area contributed by atoms with E-state index in [4.69, 9.17) is 27.9 Å². The summed E-state index contributed by atoms with van der Waals surface area (Å²) in [6, 6.07) is 1.84. The van der Waals surface area contributed by atoms with Crippen molar-refractivity contribution in [1.29, 1.82) is 0 Å². The molecule has 1 aromatic carbocycles. The van der Waals surface area contributed by atoms with Crippen LogP contribution in [0.3, 0.4) is 0 Å². The first-order valence-corrected chi connectivity index (χ1v) is 7.35. The van der Waals surface area contributed by atoms with E-state index >= 15 is 0 Å². The monoisotopic (exact) mass is 302 g/mol. The lowest BCUT2D eigenvalue weighted by Gasteiger charge is -2.18. The summed E-state index contributed by atoms with van der Waals surface area (Å²) in [5, 5.41) is 0.630. The van der Waals surface area contributed by atoms with Gasteiger partial charge in [0.15, 0.2) is 5.78 Å².